The number of hydrogen-bond acceptors (Lipinski definition) is 7. The zero-order chi connectivity index (χ0) is 19.7. The van der Waals surface area contributed by atoms with Crippen LogP contribution >= 0.6 is 11.6 Å². The Morgan fingerprint density at radius 1 is 1.18 bits per heavy atom. The maximum absolute atomic E-state index is 12.9. The molecule has 0 saturated carbocycles. The zero-order valence-electron chi connectivity index (χ0n) is 14.6. The van der Waals surface area contributed by atoms with Crippen molar-refractivity contribution < 1.29 is 23.9 Å². The highest BCUT2D eigenvalue weighted by Crippen LogP contribution is 2.39. The SMILES string of the molecule is O=C(Nc1cccc(Cl)c1N1CCOCC1)c1cc2c(cc1[N+](=O)[O-])OCO2. The van der Waals surface area contributed by atoms with Crippen molar-refractivity contribution in [3.05, 3.63) is 51.0 Å². The molecular formula is C18H16ClN3O6. The van der Waals surface area contributed by atoms with E-state index in [9.17, 15) is 14.9 Å². The predicted octanol–water partition coefficient (Wildman–Crippen LogP) is 3.07. The Labute approximate surface area is 164 Å². The lowest BCUT2D eigenvalue weighted by Gasteiger charge is -2.31. The van der Waals surface area contributed by atoms with Crippen molar-refractivity contribution in [2.45, 2.75) is 0 Å². The van der Waals surface area contributed by atoms with Crippen molar-refractivity contribution in [2.24, 2.45) is 0 Å². The molecule has 10 heteroatoms. The average molecular weight is 406 g/mol. The summed E-state index contributed by atoms with van der Waals surface area (Å²) in [6.45, 7) is 2.29. The summed E-state index contributed by atoms with van der Waals surface area (Å²) in [5.74, 6) is -0.114. The molecule has 0 aromatic heterocycles. The smallest absolute Gasteiger partial charge is 0.286 e. The highest BCUT2D eigenvalue weighted by Gasteiger charge is 2.28. The van der Waals surface area contributed by atoms with E-state index in [0.29, 0.717) is 42.7 Å². The topological polar surface area (TPSA) is 103 Å². The van der Waals surface area contributed by atoms with Crippen molar-refractivity contribution in [2.75, 3.05) is 43.3 Å². The second kappa shape index (κ2) is 7.53. The Balaban J connectivity index is 1.68. The Hall–Kier alpha value is -3.04. The number of hydrogen-bond donors (Lipinski definition) is 1. The predicted molar refractivity (Wildman–Crippen MR) is 102 cm³/mol. The summed E-state index contributed by atoms with van der Waals surface area (Å²) < 4.78 is 15.8. The van der Waals surface area contributed by atoms with E-state index in [0.717, 1.165) is 0 Å². The minimum absolute atomic E-state index is 0.0486. The van der Waals surface area contributed by atoms with Crippen LogP contribution in [-0.2, 0) is 4.74 Å². The Kier molecular flexibility index (Phi) is 4.93. The van der Waals surface area contributed by atoms with E-state index in [1.54, 1.807) is 18.2 Å². The van der Waals surface area contributed by atoms with Gasteiger partial charge < -0.3 is 24.4 Å². The van der Waals surface area contributed by atoms with Crippen molar-refractivity contribution in [3.8, 4) is 11.5 Å². The molecule has 0 unspecified atom stereocenters. The third-order valence-corrected chi connectivity index (χ3v) is 4.80. The number of nitro benzene ring substituents is 1. The van der Waals surface area contributed by atoms with Gasteiger partial charge in [0, 0.05) is 19.2 Å². The van der Waals surface area contributed by atoms with E-state index >= 15 is 0 Å². The molecule has 0 radical (unpaired) electrons. The minimum Gasteiger partial charge on any atom is -0.454 e. The number of carbonyl (C=O) groups excluding carboxylic acids is 1. The molecule has 28 heavy (non-hydrogen) atoms. The van der Waals surface area contributed by atoms with Crippen LogP contribution in [0.25, 0.3) is 0 Å². The number of morpholine rings is 1. The Morgan fingerprint density at radius 3 is 2.61 bits per heavy atom. The van der Waals surface area contributed by atoms with Gasteiger partial charge in [0.05, 0.1) is 40.6 Å². The molecule has 0 atom stereocenters. The largest absolute Gasteiger partial charge is 0.454 e. The first kappa shape index (κ1) is 18.3. The van der Waals surface area contributed by atoms with Crippen molar-refractivity contribution in [3.63, 3.8) is 0 Å². The molecule has 0 bridgehead atoms. The molecular weight excluding hydrogens is 390 g/mol. The van der Waals surface area contributed by atoms with Crippen molar-refractivity contribution in [1.29, 1.82) is 0 Å². The summed E-state index contributed by atoms with van der Waals surface area (Å²) in [5, 5.41) is 14.6. The van der Waals surface area contributed by atoms with Crippen LogP contribution in [0.5, 0.6) is 11.5 Å². The van der Waals surface area contributed by atoms with Gasteiger partial charge in [-0.25, -0.2) is 0 Å². The van der Waals surface area contributed by atoms with Crippen LogP contribution in [0.4, 0.5) is 17.1 Å². The van der Waals surface area contributed by atoms with Gasteiger partial charge in [-0.05, 0) is 12.1 Å². The van der Waals surface area contributed by atoms with Crippen LogP contribution in [0.2, 0.25) is 5.02 Å². The van der Waals surface area contributed by atoms with E-state index < -0.39 is 10.8 Å². The van der Waals surface area contributed by atoms with Gasteiger partial charge in [0.1, 0.15) is 5.56 Å². The van der Waals surface area contributed by atoms with Crippen LogP contribution in [0, 0.1) is 10.1 Å². The molecule has 0 spiro atoms. The fourth-order valence-corrected chi connectivity index (χ4v) is 3.47. The molecule has 1 N–H and O–H groups in total. The van der Waals surface area contributed by atoms with Gasteiger partial charge in [0.15, 0.2) is 11.5 Å². The van der Waals surface area contributed by atoms with Crippen molar-refractivity contribution in [1.82, 2.24) is 0 Å². The number of rotatable bonds is 4. The molecule has 1 amide bonds. The summed E-state index contributed by atoms with van der Waals surface area (Å²) in [6.07, 6.45) is 0. The quantitative estimate of drug-likeness (QED) is 0.615. The Bertz CT molecular complexity index is 945. The zero-order valence-corrected chi connectivity index (χ0v) is 15.4. The van der Waals surface area contributed by atoms with Crippen LogP contribution in [0.1, 0.15) is 10.4 Å². The van der Waals surface area contributed by atoms with Gasteiger partial charge in [-0.15, -0.1) is 0 Å². The third-order valence-electron chi connectivity index (χ3n) is 4.49. The van der Waals surface area contributed by atoms with Gasteiger partial charge in [-0.1, -0.05) is 17.7 Å². The first-order valence-corrected chi connectivity index (χ1v) is 8.93. The number of amides is 1. The minimum atomic E-state index is -0.637. The maximum atomic E-state index is 12.9. The summed E-state index contributed by atoms with van der Waals surface area (Å²) in [6, 6.07) is 7.64. The Morgan fingerprint density at radius 2 is 1.89 bits per heavy atom. The first-order valence-electron chi connectivity index (χ1n) is 8.55. The molecule has 1 fully saturated rings. The van der Waals surface area contributed by atoms with Crippen molar-refractivity contribution >= 4 is 34.6 Å². The number of nitrogens with one attached hydrogen (secondary N) is 1. The highest BCUT2D eigenvalue weighted by atomic mass is 35.5. The molecule has 0 aliphatic carbocycles. The number of nitro groups is 1. The average Bonchev–Trinajstić information content (AvgIpc) is 3.15. The van der Waals surface area contributed by atoms with Crippen LogP contribution in [0.3, 0.4) is 0 Å². The monoisotopic (exact) mass is 405 g/mol. The summed E-state index contributed by atoms with van der Waals surface area (Å²) in [4.78, 5) is 25.7. The fraction of sp³-hybridized carbons (Fsp3) is 0.278. The molecule has 2 aliphatic rings. The molecule has 1 saturated heterocycles. The van der Waals surface area contributed by atoms with E-state index in [4.69, 9.17) is 25.8 Å². The second-order valence-corrected chi connectivity index (χ2v) is 6.58. The number of fused-ring (bicyclic) bond motifs is 1. The third kappa shape index (κ3) is 3.41. The molecule has 2 aliphatic heterocycles. The molecule has 2 heterocycles. The van der Waals surface area contributed by atoms with Gasteiger partial charge in [-0.3, -0.25) is 14.9 Å². The fourth-order valence-electron chi connectivity index (χ4n) is 3.18. The molecule has 4 rings (SSSR count). The second-order valence-electron chi connectivity index (χ2n) is 6.17. The number of nitrogens with zero attached hydrogens (tertiary/aromatic N) is 2. The van der Waals surface area contributed by atoms with Gasteiger partial charge >= 0.3 is 0 Å². The molecule has 9 nitrogen and oxygen atoms in total. The summed E-state index contributed by atoms with van der Waals surface area (Å²) in [7, 11) is 0. The summed E-state index contributed by atoms with van der Waals surface area (Å²) in [5.41, 5.74) is 0.634. The van der Waals surface area contributed by atoms with Crippen LogP contribution in [0.15, 0.2) is 30.3 Å². The number of anilines is 2. The van der Waals surface area contributed by atoms with Gasteiger partial charge in [0.25, 0.3) is 11.6 Å². The van der Waals surface area contributed by atoms with Gasteiger partial charge in [-0.2, -0.15) is 0 Å². The normalized spacial score (nSPS) is 15.4. The van der Waals surface area contributed by atoms with E-state index in [2.05, 4.69) is 5.32 Å². The lowest BCUT2D eigenvalue weighted by atomic mass is 10.1. The van der Waals surface area contributed by atoms with E-state index in [-0.39, 0.29) is 29.5 Å². The van der Waals surface area contributed by atoms with E-state index in [1.807, 2.05) is 4.90 Å². The lowest BCUT2D eigenvalue weighted by molar-refractivity contribution is -0.385. The number of carbonyl (C=O) groups is 1. The van der Waals surface area contributed by atoms with Gasteiger partial charge in [0.2, 0.25) is 6.79 Å². The highest BCUT2D eigenvalue weighted by molar-refractivity contribution is 6.34. The molecule has 2 aromatic rings. The number of ether oxygens (including phenoxy) is 3. The lowest BCUT2D eigenvalue weighted by Crippen LogP contribution is -2.37. The number of para-hydroxylation sites is 1. The summed E-state index contributed by atoms with van der Waals surface area (Å²) >= 11 is 6.37. The maximum Gasteiger partial charge on any atom is 0.286 e. The first-order chi connectivity index (χ1) is 13.5. The molecule has 146 valence electrons. The van der Waals surface area contributed by atoms with E-state index in [1.165, 1.54) is 12.1 Å². The van der Waals surface area contributed by atoms with Crippen LogP contribution < -0.4 is 19.7 Å². The van der Waals surface area contributed by atoms with Crippen LogP contribution in [-0.4, -0.2) is 43.9 Å². The number of benzene rings is 2. The molecule has 2 aromatic carbocycles. The number of halogens is 1. The standard InChI is InChI=1S/C18H16ClN3O6/c19-12-2-1-3-13(17(12)21-4-6-26-7-5-21)20-18(23)11-8-15-16(28-10-27-15)9-14(11)22(24)25/h1-3,8-9H,4-7,10H2,(H,20,23).